The first-order valence-electron chi connectivity index (χ1n) is 7.05. The Balaban J connectivity index is 1.71. The molecule has 0 saturated heterocycles. The van der Waals surface area contributed by atoms with Gasteiger partial charge in [0.25, 0.3) is 5.91 Å². The first-order chi connectivity index (χ1) is 10.7. The lowest BCUT2D eigenvalue weighted by molar-refractivity contribution is 0.0728. The van der Waals surface area contributed by atoms with Crippen LogP contribution in [0.2, 0.25) is 0 Å². The third kappa shape index (κ3) is 2.00. The summed E-state index contributed by atoms with van der Waals surface area (Å²) in [4.78, 5) is 33.6. The summed E-state index contributed by atoms with van der Waals surface area (Å²) in [7, 11) is 0. The van der Waals surface area contributed by atoms with Crippen LogP contribution in [0.15, 0.2) is 45.9 Å². The van der Waals surface area contributed by atoms with Gasteiger partial charge in [0.1, 0.15) is 11.1 Å². The molecular formula is C16H13N3O3. The lowest BCUT2D eigenvalue weighted by Crippen LogP contribution is -2.38. The minimum atomic E-state index is -0.598. The average Bonchev–Trinajstić information content (AvgIpc) is 3.01. The SMILES string of the molecule is O=C(c1cc2ccccc2oc1=O)N1CCc2nc[nH]c2C1. The molecule has 0 radical (unpaired) electrons. The van der Waals surface area contributed by atoms with Crippen LogP contribution in [0.3, 0.4) is 0 Å². The molecule has 2 aromatic heterocycles. The van der Waals surface area contributed by atoms with Gasteiger partial charge in [-0.3, -0.25) is 4.79 Å². The highest BCUT2D eigenvalue weighted by atomic mass is 16.4. The molecule has 1 aliphatic heterocycles. The molecule has 1 aromatic carbocycles. The average molecular weight is 295 g/mol. The molecule has 4 rings (SSSR count). The van der Waals surface area contributed by atoms with Gasteiger partial charge in [0, 0.05) is 18.4 Å². The lowest BCUT2D eigenvalue weighted by Gasteiger charge is -2.25. The zero-order valence-corrected chi connectivity index (χ0v) is 11.7. The largest absolute Gasteiger partial charge is 0.422 e. The maximum absolute atomic E-state index is 12.6. The van der Waals surface area contributed by atoms with Gasteiger partial charge in [-0.1, -0.05) is 18.2 Å². The van der Waals surface area contributed by atoms with Crippen molar-refractivity contribution < 1.29 is 9.21 Å². The second-order valence-electron chi connectivity index (χ2n) is 5.29. The standard InChI is InChI=1S/C16H13N3O3/c20-15(19-6-5-12-13(8-19)18-9-17-12)11-7-10-3-1-2-4-14(10)22-16(11)21/h1-4,7,9H,5-6,8H2,(H,17,18). The Morgan fingerprint density at radius 3 is 3.09 bits per heavy atom. The van der Waals surface area contributed by atoms with Crippen molar-refractivity contribution in [2.45, 2.75) is 13.0 Å². The summed E-state index contributed by atoms with van der Waals surface area (Å²) in [5, 5.41) is 0.740. The van der Waals surface area contributed by atoms with Crippen LogP contribution in [0.5, 0.6) is 0 Å². The molecule has 22 heavy (non-hydrogen) atoms. The molecule has 0 fully saturated rings. The van der Waals surface area contributed by atoms with Crippen LogP contribution in [0, 0.1) is 0 Å². The van der Waals surface area contributed by atoms with E-state index in [0.717, 1.165) is 16.8 Å². The van der Waals surface area contributed by atoms with Gasteiger partial charge in [0.15, 0.2) is 0 Å². The van der Waals surface area contributed by atoms with Crippen LogP contribution < -0.4 is 5.63 Å². The molecule has 1 N–H and O–H groups in total. The maximum Gasteiger partial charge on any atom is 0.349 e. The summed E-state index contributed by atoms with van der Waals surface area (Å²) in [5.74, 6) is -0.306. The van der Waals surface area contributed by atoms with E-state index in [-0.39, 0.29) is 11.5 Å². The number of imidazole rings is 1. The minimum Gasteiger partial charge on any atom is -0.422 e. The number of carbonyl (C=O) groups excluding carboxylic acids is 1. The second kappa shape index (κ2) is 4.84. The van der Waals surface area contributed by atoms with E-state index in [1.54, 1.807) is 29.4 Å². The first-order valence-corrected chi connectivity index (χ1v) is 7.05. The number of hydrogen-bond donors (Lipinski definition) is 1. The maximum atomic E-state index is 12.6. The van der Waals surface area contributed by atoms with Gasteiger partial charge in [-0.15, -0.1) is 0 Å². The van der Waals surface area contributed by atoms with Crippen molar-refractivity contribution in [3.8, 4) is 0 Å². The zero-order valence-electron chi connectivity index (χ0n) is 11.7. The van der Waals surface area contributed by atoms with Crippen molar-refractivity contribution in [3.05, 3.63) is 64.0 Å². The van der Waals surface area contributed by atoms with Crippen molar-refractivity contribution in [1.82, 2.24) is 14.9 Å². The molecule has 110 valence electrons. The molecule has 3 aromatic rings. The Morgan fingerprint density at radius 2 is 2.18 bits per heavy atom. The second-order valence-corrected chi connectivity index (χ2v) is 5.29. The van der Waals surface area contributed by atoms with Gasteiger partial charge in [-0.2, -0.15) is 0 Å². The van der Waals surface area contributed by atoms with Gasteiger partial charge in [-0.25, -0.2) is 9.78 Å². The number of nitrogens with one attached hydrogen (secondary N) is 1. The number of hydrogen-bond acceptors (Lipinski definition) is 4. The molecule has 3 heterocycles. The Bertz CT molecular complexity index is 926. The predicted molar refractivity (Wildman–Crippen MR) is 79.5 cm³/mol. The summed E-state index contributed by atoms with van der Waals surface area (Å²) in [6.45, 7) is 0.976. The number of amides is 1. The summed E-state index contributed by atoms with van der Waals surface area (Å²) < 4.78 is 5.24. The topological polar surface area (TPSA) is 79.2 Å². The molecule has 1 amide bonds. The zero-order chi connectivity index (χ0) is 15.1. The summed E-state index contributed by atoms with van der Waals surface area (Å²) in [5.41, 5.74) is 1.86. The van der Waals surface area contributed by atoms with Crippen LogP contribution in [0.25, 0.3) is 11.0 Å². The number of aromatic nitrogens is 2. The van der Waals surface area contributed by atoms with Crippen molar-refractivity contribution in [2.24, 2.45) is 0 Å². The van der Waals surface area contributed by atoms with Crippen LogP contribution in [0.1, 0.15) is 21.7 Å². The molecule has 1 aliphatic rings. The first kappa shape index (κ1) is 12.8. The Hall–Kier alpha value is -2.89. The normalized spacial score (nSPS) is 14.1. The number of nitrogens with zero attached hydrogens (tertiary/aromatic N) is 2. The van der Waals surface area contributed by atoms with Crippen LogP contribution in [0.4, 0.5) is 0 Å². The minimum absolute atomic E-state index is 0.0710. The highest BCUT2D eigenvalue weighted by Crippen LogP contribution is 2.18. The van der Waals surface area contributed by atoms with E-state index in [1.165, 1.54) is 0 Å². The number of carbonyl (C=O) groups is 1. The summed E-state index contributed by atoms with van der Waals surface area (Å²) in [6, 6.07) is 8.76. The van der Waals surface area contributed by atoms with E-state index in [4.69, 9.17) is 4.42 Å². The van der Waals surface area contributed by atoms with E-state index >= 15 is 0 Å². The smallest absolute Gasteiger partial charge is 0.349 e. The van der Waals surface area contributed by atoms with Crippen molar-refractivity contribution in [2.75, 3.05) is 6.54 Å². The third-order valence-electron chi connectivity index (χ3n) is 3.93. The van der Waals surface area contributed by atoms with E-state index in [2.05, 4.69) is 9.97 Å². The van der Waals surface area contributed by atoms with Gasteiger partial charge < -0.3 is 14.3 Å². The molecule has 0 aliphatic carbocycles. The molecule has 0 saturated carbocycles. The number of fused-ring (bicyclic) bond motifs is 2. The fourth-order valence-electron chi connectivity index (χ4n) is 2.77. The molecule has 0 atom stereocenters. The molecule has 6 nitrogen and oxygen atoms in total. The number of para-hydroxylation sites is 1. The third-order valence-corrected chi connectivity index (χ3v) is 3.93. The van der Waals surface area contributed by atoms with Gasteiger partial charge in [0.2, 0.25) is 0 Å². The number of H-pyrrole nitrogens is 1. The molecule has 6 heteroatoms. The van der Waals surface area contributed by atoms with Crippen molar-refractivity contribution >= 4 is 16.9 Å². The van der Waals surface area contributed by atoms with Gasteiger partial charge >= 0.3 is 5.63 Å². The van der Waals surface area contributed by atoms with Crippen molar-refractivity contribution in [1.29, 1.82) is 0 Å². The Kier molecular flexibility index (Phi) is 2.82. The highest BCUT2D eigenvalue weighted by Gasteiger charge is 2.25. The van der Waals surface area contributed by atoms with Crippen LogP contribution >= 0.6 is 0 Å². The fourth-order valence-corrected chi connectivity index (χ4v) is 2.77. The molecule has 0 bridgehead atoms. The quantitative estimate of drug-likeness (QED) is 0.693. The van der Waals surface area contributed by atoms with Gasteiger partial charge in [0.05, 0.1) is 24.3 Å². The number of benzene rings is 1. The number of aromatic amines is 1. The molecule has 0 unspecified atom stereocenters. The van der Waals surface area contributed by atoms with Crippen LogP contribution in [-0.4, -0.2) is 27.3 Å². The van der Waals surface area contributed by atoms with E-state index in [0.29, 0.717) is 25.1 Å². The summed E-state index contributed by atoms with van der Waals surface area (Å²) >= 11 is 0. The van der Waals surface area contributed by atoms with E-state index in [1.807, 2.05) is 12.1 Å². The van der Waals surface area contributed by atoms with Gasteiger partial charge in [-0.05, 0) is 12.1 Å². The fraction of sp³-hybridized carbons (Fsp3) is 0.188. The lowest BCUT2D eigenvalue weighted by atomic mass is 10.1. The highest BCUT2D eigenvalue weighted by molar-refractivity contribution is 5.96. The molecular weight excluding hydrogens is 282 g/mol. The van der Waals surface area contributed by atoms with Crippen LogP contribution in [-0.2, 0) is 13.0 Å². The molecule has 0 spiro atoms. The Labute approximate surface area is 125 Å². The number of rotatable bonds is 1. The van der Waals surface area contributed by atoms with E-state index < -0.39 is 5.63 Å². The Morgan fingerprint density at radius 1 is 1.32 bits per heavy atom. The van der Waals surface area contributed by atoms with E-state index in [9.17, 15) is 9.59 Å². The summed E-state index contributed by atoms with van der Waals surface area (Å²) in [6.07, 6.45) is 2.31. The monoisotopic (exact) mass is 295 g/mol. The van der Waals surface area contributed by atoms with Crippen molar-refractivity contribution in [3.63, 3.8) is 0 Å². The predicted octanol–water partition coefficient (Wildman–Crippen LogP) is 1.71.